The Hall–Kier alpha value is -1.57. The summed E-state index contributed by atoms with van der Waals surface area (Å²) < 4.78 is 0. The van der Waals surface area contributed by atoms with Crippen LogP contribution in [0.3, 0.4) is 0 Å². The third-order valence-electron chi connectivity index (χ3n) is 2.41. The van der Waals surface area contributed by atoms with E-state index in [1.165, 1.54) is 5.56 Å². The summed E-state index contributed by atoms with van der Waals surface area (Å²) in [6, 6.07) is 7.60. The van der Waals surface area contributed by atoms with Crippen molar-refractivity contribution in [2.45, 2.75) is 20.3 Å². The Labute approximate surface area is 83.2 Å². The number of hydrogen-bond donors (Lipinski definition) is 1. The predicted octanol–water partition coefficient (Wildman–Crippen LogP) is 2.81. The lowest BCUT2D eigenvalue weighted by Gasteiger charge is -2.06. The maximum absolute atomic E-state index is 9.65. The molecule has 2 rings (SSSR count). The Bertz CT molecular complexity index is 477. The van der Waals surface area contributed by atoms with Gasteiger partial charge in [-0.25, -0.2) is 4.98 Å². The van der Waals surface area contributed by atoms with Gasteiger partial charge in [0, 0.05) is 11.1 Å². The highest BCUT2D eigenvalue weighted by Gasteiger charge is 2.05. The summed E-state index contributed by atoms with van der Waals surface area (Å²) in [5, 5.41) is 10.7. The van der Waals surface area contributed by atoms with Gasteiger partial charge in [0.25, 0.3) is 0 Å². The molecule has 0 radical (unpaired) electrons. The molecule has 1 aromatic carbocycles. The summed E-state index contributed by atoms with van der Waals surface area (Å²) >= 11 is 0. The van der Waals surface area contributed by atoms with Crippen molar-refractivity contribution < 1.29 is 5.11 Å². The molecule has 0 saturated carbocycles. The number of para-hydroxylation sites is 1. The zero-order valence-corrected chi connectivity index (χ0v) is 8.41. The minimum absolute atomic E-state index is 0.265. The van der Waals surface area contributed by atoms with E-state index in [4.69, 9.17) is 0 Å². The third-order valence-corrected chi connectivity index (χ3v) is 2.41. The average molecular weight is 187 g/mol. The van der Waals surface area contributed by atoms with E-state index in [1.54, 1.807) is 6.07 Å². The average Bonchev–Trinajstić information content (AvgIpc) is 2.18. The molecule has 72 valence electrons. The normalized spacial score (nSPS) is 10.7. The Morgan fingerprint density at radius 2 is 2.14 bits per heavy atom. The zero-order chi connectivity index (χ0) is 10.1. The van der Waals surface area contributed by atoms with Gasteiger partial charge in [0.15, 0.2) is 0 Å². The van der Waals surface area contributed by atoms with Crippen LogP contribution < -0.4 is 0 Å². The molecule has 14 heavy (non-hydrogen) atoms. The minimum atomic E-state index is 0.265. The quantitative estimate of drug-likeness (QED) is 0.744. The molecule has 0 aliphatic heterocycles. The third kappa shape index (κ3) is 1.33. The van der Waals surface area contributed by atoms with Crippen molar-refractivity contribution in [1.29, 1.82) is 0 Å². The fourth-order valence-electron chi connectivity index (χ4n) is 1.74. The van der Waals surface area contributed by atoms with E-state index in [0.717, 1.165) is 17.5 Å². The number of hydrogen-bond acceptors (Lipinski definition) is 2. The summed E-state index contributed by atoms with van der Waals surface area (Å²) in [4.78, 5) is 4.33. The number of fused-ring (bicyclic) bond motifs is 1. The highest BCUT2D eigenvalue weighted by Crippen LogP contribution is 2.25. The van der Waals surface area contributed by atoms with E-state index in [2.05, 4.69) is 18.0 Å². The van der Waals surface area contributed by atoms with E-state index < -0.39 is 0 Å². The van der Waals surface area contributed by atoms with E-state index in [-0.39, 0.29) is 5.75 Å². The van der Waals surface area contributed by atoms with Crippen molar-refractivity contribution in [1.82, 2.24) is 4.98 Å². The number of aryl methyl sites for hydroxylation is 2. The molecule has 0 aliphatic rings. The van der Waals surface area contributed by atoms with Crippen LogP contribution in [0, 0.1) is 6.92 Å². The molecule has 0 spiro atoms. The molecular formula is C12H13NO. The maximum Gasteiger partial charge on any atom is 0.141 e. The molecule has 0 unspecified atom stereocenters. The second-order valence-corrected chi connectivity index (χ2v) is 3.45. The SMILES string of the molecule is CCc1cc(C)nc2c(O)cccc12. The first kappa shape index (κ1) is 9.00. The van der Waals surface area contributed by atoms with Crippen LogP contribution in [0.5, 0.6) is 5.75 Å². The van der Waals surface area contributed by atoms with Gasteiger partial charge in [0.2, 0.25) is 0 Å². The molecular weight excluding hydrogens is 174 g/mol. The predicted molar refractivity (Wildman–Crippen MR) is 57.5 cm³/mol. The molecule has 1 N–H and O–H groups in total. The Kier molecular flexibility index (Phi) is 2.12. The molecule has 0 bridgehead atoms. The van der Waals surface area contributed by atoms with Crippen molar-refractivity contribution in [2.75, 3.05) is 0 Å². The summed E-state index contributed by atoms with van der Waals surface area (Å²) in [5.74, 6) is 0.265. The lowest BCUT2D eigenvalue weighted by atomic mass is 10.1. The number of phenols is 1. The van der Waals surface area contributed by atoms with Crippen LogP contribution >= 0.6 is 0 Å². The molecule has 1 heterocycles. The molecule has 2 aromatic rings. The first-order valence-electron chi connectivity index (χ1n) is 4.80. The molecule has 0 aliphatic carbocycles. The minimum Gasteiger partial charge on any atom is -0.506 e. The van der Waals surface area contributed by atoms with Crippen LogP contribution in [0.25, 0.3) is 10.9 Å². The van der Waals surface area contributed by atoms with Gasteiger partial charge in [-0.1, -0.05) is 19.1 Å². The summed E-state index contributed by atoms with van der Waals surface area (Å²) in [6.07, 6.45) is 0.962. The fourth-order valence-corrected chi connectivity index (χ4v) is 1.74. The van der Waals surface area contributed by atoms with Crippen molar-refractivity contribution in [3.8, 4) is 5.75 Å². The van der Waals surface area contributed by atoms with Gasteiger partial charge < -0.3 is 5.11 Å². The second-order valence-electron chi connectivity index (χ2n) is 3.45. The zero-order valence-electron chi connectivity index (χ0n) is 8.41. The van der Waals surface area contributed by atoms with E-state index in [1.807, 2.05) is 19.1 Å². The highest BCUT2D eigenvalue weighted by atomic mass is 16.3. The van der Waals surface area contributed by atoms with Gasteiger partial charge in [0.1, 0.15) is 11.3 Å². The van der Waals surface area contributed by atoms with Crippen LogP contribution in [0.1, 0.15) is 18.2 Å². The van der Waals surface area contributed by atoms with Crippen LogP contribution in [0.15, 0.2) is 24.3 Å². The summed E-state index contributed by atoms with van der Waals surface area (Å²) in [6.45, 7) is 4.06. The lowest BCUT2D eigenvalue weighted by molar-refractivity contribution is 0.480. The van der Waals surface area contributed by atoms with Crippen molar-refractivity contribution in [3.05, 3.63) is 35.5 Å². The highest BCUT2D eigenvalue weighted by molar-refractivity contribution is 5.87. The number of aromatic hydroxyl groups is 1. The van der Waals surface area contributed by atoms with Gasteiger partial charge >= 0.3 is 0 Å². The lowest BCUT2D eigenvalue weighted by Crippen LogP contribution is -1.90. The number of nitrogens with zero attached hydrogens (tertiary/aromatic N) is 1. The standard InChI is InChI=1S/C12H13NO/c1-3-9-7-8(2)13-12-10(9)5-4-6-11(12)14/h4-7,14H,3H2,1-2H3. The second kappa shape index (κ2) is 3.29. The summed E-state index contributed by atoms with van der Waals surface area (Å²) in [5.41, 5.74) is 2.91. The number of rotatable bonds is 1. The first-order chi connectivity index (χ1) is 6.72. The maximum atomic E-state index is 9.65. The number of pyridine rings is 1. The molecule has 0 saturated heterocycles. The van der Waals surface area contributed by atoms with Gasteiger partial charge in [-0.05, 0) is 31.0 Å². The monoisotopic (exact) mass is 187 g/mol. The van der Waals surface area contributed by atoms with Gasteiger partial charge in [-0.3, -0.25) is 0 Å². The molecule has 2 nitrogen and oxygen atoms in total. The summed E-state index contributed by atoms with van der Waals surface area (Å²) in [7, 11) is 0. The van der Waals surface area contributed by atoms with Crippen LogP contribution in [0.4, 0.5) is 0 Å². The van der Waals surface area contributed by atoms with E-state index in [9.17, 15) is 5.11 Å². The van der Waals surface area contributed by atoms with Crippen LogP contribution in [0.2, 0.25) is 0 Å². The van der Waals surface area contributed by atoms with Crippen molar-refractivity contribution in [3.63, 3.8) is 0 Å². The molecule has 1 aromatic heterocycles. The largest absolute Gasteiger partial charge is 0.506 e. The van der Waals surface area contributed by atoms with E-state index >= 15 is 0 Å². The number of aromatic nitrogens is 1. The molecule has 0 atom stereocenters. The molecule has 2 heteroatoms. The van der Waals surface area contributed by atoms with Crippen LogP contribution in [-0.2, 0) is 6.42 Å². The van der Waals surface area contributed by atoms with Gasteiger partial charge in [-0.15, -0.1) is 0 Å². The molecule has 0 amide bonds. The smallest absolute Gasteiger partial charge is 0.141 e. The fraction of sp³-hybridized carbons (Fsp3) is 0.250. The van der Waals surface area contributed by atoms with Gasteiger partial charge in [0.05, 0.1) is 0 Å². The number of phenolic OH excluding ortho intramolecular Hbond substituents is 1. The number of benzene rings is 1. The van der Waals surface area contributed by atoms with Gasteiger partial charge in [-0.2, -0.15) is 0 Å². The van der Waals surface area contributed by atoms with Crippen molar-refractivity contribution in [2.24, 2.45) is 0 Å². The van der Waals surface area contributed by atoms with E-state index in [0.29, 0.717) is 5.52 Å². The molecule has 0 fully saturated rings. The first-order valence-corrected chi connectivity index (χ1v) is 4.80. The topological polar surface area (TPSA) is 33.1 Å². The van der Waals surface area contributed by atoms with Crippen LogP contribution in [-0.4, -0.2) is 10.1 Å². The Morgan fingerprint density at radius 1 is 1.36 bits per heavy atom. The Morgan fingerprint density at radius 3 is 2.86 bits per heavy atom. The van der Waals surface area contributed by atoms with Crippen molar-refractivity contribution >= 4 is 10.9 Å². The Balaban J connectivity index is 2.87.